The topological polar surface area (TPSA) is 102 Å². The summed E-state index contributed by atoms with van der Waals surface area (Å²) in [5.41, 5.74) is 11.5. The quantitative estimate of drug-likeness (QED) is 0.566. The van der Waals surface area contributed by atoms with Gasteiger partial charge in [-0.2, -0.15) is 0 Å². The predicted octanol–water partition coefficient (Wildman–Crippen LogP) is -0.827. The molecule has 0 bridgehead atoms. The zero-order valence-electron chi connectivity index (χ0n) is 6.97. The average molecular weight is 181 g/mol. The molecule has 5 heteroatoms. The number of aliphatic hydroxyl groups is 1. The number of hydrogen-bond donors (Lipinski definition) is 3. The number of primary amides is 1. The first-order valence-electron chi connectivity index (χ1n) is 3.76. The number of rotatable bonds is 3. The lowest BCUT2D eigenvalue weighted by Crippen LogP contribution is -2.17. The van der Waals surface area contributed by atoms with Gasteiger partial charge in [0.1, 0.15) is 0 Å². The van der Waals surface area contributed by atoms with Crippen molar-refractivity contribution in [2.45, 2.75) is 6.04 Å². The first kappa shape index (κ1) is 9.63. The van der Waals surface area contributed by atoms with Crippen LogP contribution >= 0.6 is 0 Å². The summed E-state index contributed by atoms with van der Waals surface area (Å²) in [4.78, 5) is 14.5. The van der Waals surface area contributed by atoms with E-state index < -0.39 is 11.9 Å². The number of aromatic nitrogens is 1. The van der Waals surface area contributed by atoms with E-state index in [9.17, 15) is 4.79 Å². The highest BCUT2D eigenvalue weighted by Gasteiger charge is 2.07. The second-order valence-electron chi connectivity index (χ2n) is 2.66. The molecule has 0 aliphatic rings. The van der Waals surface area contributed by atoms with Crippen molar-refractivity contribution in [3.63, 3.8) is 0 Å². The van der Waals surface area contributed by atoms with E-state index in [1.165, 1.54) is 18.5 Å². The molecule has 0 spiro atoms. The van der Waals surface area contributed by atoms with Crippen LogP contribution in [0.2, 0.25) is 0 Å². The van der Waals surface area contributed by atoms with E-state index in [1.807, 2.05) is 0 Å². The molecular weight excluding hydrogens is 170 g/mol. The van der Waals surface area contributed by atoms with Gasteiger partial charge in [-0.05, 0) is 11.6 Å². The fourth-order valence-corrected chi connectivity index (χ4v) is 0.901. The van der Waals surface area contributed by atoms with Gasteiger partial charge in [-0.1, -0.05) is 0 Å². The molecule has 0 saturated heterocycles. The van der Waals surface area contributed by atoms with Crippen molar-refractivity contribution in [2.75, 3.05) is 6.61 Å². The summed E-state index contributed by atoms with van der Waals surface area (Å²) in [6.45, 7) is -0.191. The lowest BCUT2D eigenvalue weighted by Gasteiger charge is -2.07. The van der Waals surface area contributed by atoms with E-state index in [-0.39, 0.29) is 6.61 Å². The first-order valence-corrected chi connectivity index (χ1v) is 3.76. The molecule has 1 heterocycles. The molecule has 0 fully saturated rings. The maximum atomic E-state index is 10.7. The summed E-state index contributed by atoms with van der Waals surface area (Å²) >= 11 is 0. The van der Waals surface area contributed by atoms with Gasteiger partial charge in [-0.15, -0.1) is 0 Å². The average Bonchev–Trinajstić information content (AvgIpc) is 2.17. The van der Waals surface area contributed by atoms with Crippen LogP contribution in [0.4, 0.5) is 0 Å². The normalized spacial score (nSPS) is 12.5. The van der Waals surface area contributed by atoms with Crippen LogP contribution in [-0.4, -0.2) is 22.6 Å². The molecule has 1 aromatic heterocycles. The number of carbonyl (C=O) groups is 1. The first-order chi connectivity index (χ1) is 6.15. The minimum atomic E-state index is -0.556. The molecular formula is C8H11N3O2. The lowest BCUT2D eigenvalue weighted by molar-refractivity contribution is 0.0999. The molecule has 1 amide bonds. The minimum Gasteiger partial charge on any atom is -0.394 e. The summed E-state index contributed by atoms with van der Waals surface area (Å²) in [5, 5.41) is 8.75. The van der Waals surface area contributed by atoms with Crippen LogP contribution in [-0.2, 0) is 0 Å². The molecule has 0 unspecified atom stereocenters. The molecule has 1 rings (SSSR count). The van der Waals surface area contributed by atoms with Crippen LogP contribution in [0.3, 0.4) is 0 Å². The van der Waals surface area contributed by atoms with Crippen molar-refractivity contribution >= 4 is 5.91 Å². The number of pyridine rings is 1. The van der Waals surface area contributed by atoms with Crippen molar-refractivity contribution in [3.8, 4) is 0 Å². The second kappa shape index (κ2) is 3.97. The third-order valence-corrected chi connectivity index (χ3v) is 1.67. The minimum absolute atomic E-state index is 0.191. The smallest absolute Gasteiger partial charge is 0.250 e. The second-order valence-corrected chi connectivity index (χ2v) is 2.66. The Hall–Kier alpha value is -1.46. The van der Waals surface area contributed by atoms with Crippen molar-refractivity contribution < 1.29 is 9.90 Å². The summed E-state index contributed by atoms with van der Waals surface area (Å²) in [6.07, 6.45) is 2.85. The maximum Gasteiger partial charge on any atom is 0.250 e. The Balaban J connectivity index is 2.98. The van der Waals surface area contributed by atoms with Crippen LogP contribution in [0.15, 0.2) is 18.5 Å². The number of aliphatic hydroxyl groups excluding tert-OH is 1. The highest BCUT2D eigenvalue weighted by atomic mass is 16.3. The molecule has 1 aromatic rings. The van der Waals surface area contributed by atoms with Crippen LogP contribution in [0.5, 0.6) is 0 Å². The standard InChI is InChI=1S/C8H11N3O2/c9-7(4-12)5-1-6(8(10)13)3-11-2-5/h1-3,7,12H,4,9H2,(H2,10,13)/t7-/m1/s1. The van der Waals surface area contributed by atoms with Gasteiger partial charge in [0.15, 0.2) is 0 Å². The number of hydrogen-bond acceptors (Lipinski definition) is 4. The fraction of sp³-hybridized carbons (Fsp3) is 0.250. The Kier molecular flexibility index (Phi) is 2.94. The van der Waals surface area contributed by atoms with Crippen molar-refractivity contribution in [3.05, 3.63) is 29.6 Å². The van der Waals surface area contributed by atoms with Crippen molar-refractivity contribution in [1.82, 2.24) is 4.98 Å². The van der Waals surface area contributed by atoms with Gasteiger partial charge in [0, 0.05) is 12.4 Å². The van der Waals surface area contributed by atoms with E-state index >= 15 is 0 Å². The summed E-state index contributed by atoms with van der Waals surface area (Å²) in [5.74, 6) is -0.556. The number of nitrogens with two attached hydrogens (primary N) is 2. The van der Waals surface area contributed by atoms with E-state index in [0.29, 0.717) is 11.1 Å². The van der Waals surface area contributed by atoms with E-state index in [2.05, 4.69) is 4.98 Å². The van der Waals surface area contributed by atoms with Gasteiger partial charge in [-0.3, -0.25) is 9.78 Å². The molecule has 0 aliphatic carbocycles. The summed E-state index contributed by atoms with van der Waals surface area (Å²) < 4.78 is 0. The van der Waals surface area contributed by atoms with Gasteiger partial charge in [0.25, 0.3) is 0 Å². The maximum absolute atomic E-state index is 10.7. The summed E-state index contributed by atoms with van der Waals surface area (Å²) in [6, 6.07) is 1.00. The van der Waals surface area contributed by atoms with E-state index in [1.54, 1.807) is 0 Å². The van der Waals surface area contributed by atoms with Crippen LogP contribution in [0.25, 0.3) is 0 Å². The third kappa shape index (κ3) is 2.24. The zero-order chi connectivity index (χ0) is 9.84. The van der Waals surface area contributed by atoms with Gasteiger partial charge in [-0.25, -0.2) is 0 Å². The van der Waals surface area contributed by atoms with Crippen molar-refractivity contribution in [2.24, 2.45) is 11.5 Å². The molecule has 5 nitrogen and oxygen atoms in total. The molecule has 0 aliphatic heterocycles. The van der Waals surface area contributed by atoms with Crippen LogP contribution < -0.4 is 11.5 Å². The highest BCUT2D eigenvalue weighted by molar-refractivity contribution is 5.92. The number of amides is 1. The monoisotopic (exact) mass is 181 g/mol. The Morgan fingerprint density at radius 3 is 2.85 bits per heavy atom. The largest absolute Gasteiger partial charge is 0.394 e. The van der Waals surface area contributed by atoms with Gasteiger partial charge < -0.3 is 16.6 Å². The van der Waals surface area contributed by atoms with Gasteiger partial charge >= 0.3 is 0 Å². The SMILES string of the molecule is NC(=O)c1cncc([C@H](N)CO)c1. The highest BCUT2D eigenvalue weighted by Crippen LogP contribution is 2.09. The fourth-order valence-electron chi connectivity index (χ4n) is 0.901. The summed E-state index contributed by atoms with van der Waals surface area (Å²) in [7, 11) is 0. The molecule has 70 valence electrons. The Bertz CT molecular complexity index is 314. The van der Waals surface area contributed by atoms with Crippen molar-refractivity contribution in [1.29, 1.82) is 0 Å². The molecule has 13 heavy (non-hydrogen) atoms. The van der Waals surface area contributed by atoms with Crippen LogP contribution in [0.1, 0.15) is 22.0 Å². The van der Waals surface area contributed by atoms with Crippen LogP contribution in [0, 0.1) is 0 Å². The van der Waals surface area contributed by atoms with Gasteiger partial charge in [0.2, 0.25) is 5.91 Å². The Morgan fingerprint density at radius 1 is 1.62 bits per heavy atom. The molecule has 1 atom stereocenters. The van der Waals surface area contributed by atoms with E-state index in [0.717, 1.165) is 0 Å². The molecule has 0 radical (unpaired) electrons. The third-order valence-electron chi connectivity index (χ3n) is 1.67. The lowest BCUT2D eigenvalue weighted by atomic mass is 10.1. The Morgan fingerprint density at radius 2 is 2.31 bits per heavy atom. The number of nitrogens with zero attached hydrogens (tertiary/aromatic N) is 1. The Labute approximate surface area is 75.4 Å². The zero-order valence-corrected chi connectivity index (χ0v) is 6.97. The molecule has 0 aromatic carbocycles. The number of carbonyl (C=O) groups excluding carboxylic acids is 1. The molecule has 0 saturated carbocycles. The van der Waals surface area contributed by atoms with E-state index in [4.69, 9.17) is 16.6 Å². The predicted molar refractivity (Wildman–Crippen MR) is 46.8 cm³/mol. The molecule has 5 N–H and O–H groups in total. The van der Waals surface area contributed by atoms with Gasteiger partial charge in [0.05, 0.1) is 18.2 Å².